The van der Waals surface area contributed by atoms with Crippen LogP contribution in [0.2, 0.25) is 0 Å². The summed E-state index contributed by atoms with van der Waals surface area (Å²) in [5.74, 6) is -0.303. The van der Waals surface area contributed by atoms with E-state index in [0.29, 0.717) is 0 Å². The Morgan fingerprint density at radius 2 is 2.12 bits per heavy atom. The molecule has 0 radical (unpaired) electrons. The molecular formula is C8H8F3IN2O2. The topological polar surface area (TPSA) is 57.4 Å². The lowest BCUT2D eigenvalue weighted by molar-refractivity contribution is -0.275. The zero-order valence-electron chi connectivity index (χ0n) is 8.14. The maximum atomic E-state index is 12.1. The lowest BCUT2D eigenvalue weighted by Crippen LogP contribution is -2.18. The molecule has 1 rings (SSSR count). The van der Waals surface area contributed by atoms with Crippen molar-refractivity contribution in [1.29, 1.82) is 0 Å². The van der Waals surface area contributed by atoms with Gasteiger partial charge in [0.15, 0.2) is 0 Å². The van der Waals surface area contributed by atoms with Crippen molar-refractivity contribution in [3.8, 4) is 11.6 Å². The molecule has 0 aliphatic carbocycles. The van der Waals surface area contributed by atoms with Gasteiger partial charge in [-0.3, -0.25) is 0 Å². The number of halogens is 4. The van der Waals surface area contributed by atoms with E-state index >= 15 is 0 Å². The average molecular weight is 348 g/mol. The van der Waals surface area contributed by atoms with Crippen LogP contribution in [0.4, 0.5) is 13.2 Å². The Morgan fingerprint density at radius 3 is 2.56 bits per heavy atom. The fourth-order valence-corrected chi connectivity index (χ4v) is 1.58. The highest BCUT2D eigenvalue weighted by Crippen LogP contribution is 2.33. The molecule has 0 amide bonds. The van der Waals surface area contributed by atoms with E-state index in [4.69, 9.17) is 10.5 Å². The van der Waals surface area contributed by atoms with Crippen LogP contribution in [0.15, 0.2) is 6.07 Å². The molecule has 4 nitrogen and oxygen atoms in total. The Kier molecular flexibility index (Phi) is 4.19. The van der Waals surface area contributed by atoms with Gasteiger partial charge in [-0.15, -0.1) is 13.2 Å². The van der Waals surface area contributed by atoms with Crippen LogP contribution in [0.3, 0.4) is 0 Å². The van der Waals surface area contributed by atoms with Crippen molar-refractivity contribution in [2.45, 2.75) is 12.9 Å². The molecule has 0 saturated heterocycles. The first-order valence-corrected chi connectivity index (χ1v) is 5.14. The maximum absolute atomic E-state index is 12.1. The molecule has 8 heteroatoms. The third-order valence-electron chi connectivity index (χ3n) is 1.58. The third kappa shape index (κ3) is 3.37. The highest BCUT2D eigenvalue weighted by atomic mass is 127. The first kappa shape index (κ1) is 13.3. The summed E-state index contributed by atoms with van der Waals surface area (Å²) in [6.07, 6.45) is -4.75. The highest BCUT2D eigenvalue weighted by molar-refractivity contribution is 14.1. The molecule has 0 saturated carbocycles. The van der Waals surface area contributed by atoms with Crippen LogP contribution in [0, 0.1) is 3.57 Å². The maximum Gasteiger partial charge on any atom is 0.573 e. The predicted molar refractivity (Wildman–Crippen MR) is 58.1 cm³/mol. The molecule has 0 aliphatic heterocycles. The van der Waals surface area contributed by atoms with Gasteiger partial charge in [-0.1, -0.05) is 0 Å². The molecule has 0 bridgehead atoms. The summed E-state index contributed by atoms with van der Waals surface area (Å²) in [4.78, 5) is 3.90. The minimum Gasteiger partial charge on any atom is -0.480 e. The van der Waals surface area contributed by atoms with E-state index in [1.54, 1.807) is 22.6 Å². The van der Waals surface area contributed by atoms with E-state index in [0.717, 1.165) is 6.07 Å². The third-order valence-corrected chi connectivity index (χ3v) is 2.57. The number of alkyl halides is 3. The predicted octanol–water partition coefficient (Wildman–Crippen LogP) is 2.05. The van der Waals surface area contributed by atoms with Crippen LogP contribution in [0.25, 0.3) is 0 Å². The minimum atomic E-state index is -4.75. The van der Waals surface area contributed by atoms with Gasteiger partial charge in [0.25, 0.3) is 0 Å². The van der Waals surface area contributed by atoms with Crippen LogP contribution in [0.1, 0.15) is 5.69 Å². The zero-order chi connectivity index (χ0) is 12.3. The monoisotopic (exact) mass is 348 g/mol. The van der Waals surface area contributed by atoms with E-state index in [1.165, 1.54) is 7.11 Å². The molecule has 0 atom stereocenters. The number of ether oxygens (including phenoxy) is 2. The highest BCUT2D eigenvalue weighted by Gasteiger charge is 2.32. The van der Waals surface area contributed by atoms with Gasteiger partial charge in [-0.2, -0.15) is 0 Å². The van der Waals surface area contributed by atoms with Crippen molar-refractivity contribution in [2.75, 3.05) is 7.11 Å². The molecule has 0 spiro atoms. The summed E-state index contributed by atoms with van der Waals surface area (Å²) in [7, 11) is 1.31. The number of methoxy groups -OCH3 is 1. The fraction of sp³-hybridized carbons (Fsp3) is 0.375. The first-order valence-electron chi connectivity index (χ1n) is 4.06. The van der Waals surface area contributed by atoms with Crippen LogP contribution in [-0.2, 0) is 6.54 Å². The number of nitrogens with zero attached hydrogens (tertiary/aromatic N) is 1. The quantitative estimate of drug-likeness (QED) is 0.850. The average Bonchev–Trinajstić information content (AvgIpc) is 2.19. The second-order valence-electron chi connectivity index (χ2n) is 2.69. The fourth-order valence-electron chi connectivity index (χ4n) is 0.971. The van der Waals surface area contributed by atoms with Crippen molar-refractivity contribution in [2.24, 2.45) is 5.73 Å². The van der Waals surface area contributed by atoms with Gasteiger partial charge in [0.05, 0.1) is 12.8 Å². The number of nitrogens with two attached hydrogens (primary N) is 1. The van der Waals surface area contributed by atoms with Gasteiger partial charge in [0.1, 0.15) is 9.32 Å². The van der Waals surface area contributed by atoms with Gasteiger partial charge in [-0.25, -0.2) is 4.98 Å². The van der Waals surface area contributed by atoms with E-state index in [9.17, 15) is 13.2 Å². The van der Waals surface area contributed by atoms with E-state index < -0.39 is 6.36 Å². The molecule has 1 aromatic heterocycles. The normalized spacial score (nSPS) is 11.4. The smallest absolute Gasteiger partial charge is 0.480 e. The van der Waals surface area contributed by atoms with E-state index in [2.05, 4.69) is 9.72 Å². The van der Waals surface area contributed by atoms with E-state index in [1.807, 2.05) is 0 Å². The number of pyridine rings is 1. The Bertz CT molecular complexity index is 384. The van der Waals surface area contributed by atoms with Crippen molar-refractivity contribution < 1.29 is 22.6 Å². The Balaban J connectivity index is 3.16. The molecular weight excluding hydrogens is 340 g/mol. The molecule has 90 valence electrons. The summed E-state index contributed by atoms with van der Waals surface area (Å²) in [6, 6.07) is 1.14. The van der Waals surface area contributed by atoms with Gasteiger partial charge in [-0.05, 0) is 22.6 Å². The summed E-state index contributed by atoms with van der Waals surface area (Å²) in [5.41, 5.74) is 5.56. The van der Waals surface area contributed by atoms with Gasteiger partial charge >= 0.3 is 6.36 Å². The number of rotatable bonds is 3. The van der Waals surface area contributed by atoms with E-state index in [-0.39, 0.29) is 27.4 Å². The van der Waals surface area contributed by atoms with Crippen LogP contribution in [0.5, 0.6) is 11.6 Å². The number of aromatic nitrogens is 1. The van der Waals surface area contributed by atoms with Crippen LogP contribution in [-0.4, -0.2) is 18.5 Å². The largest absolute Gasteiger partial charge is 0.573 e. The van der Waals surface area contributed by atoms with Crippen molar-refractivity contribution in [3.05, 3.63) is 15.3 Å². The molecule has 16 heavy (non-hydrogen) atoms. The lowest BCUT2D eigenvalue weighted by Gasteiger charge is -2.13. The molecule has 2 N–H and O–H groups in total. The van der Waals surface area contributed by atoms with Crippen LogP contribution >= 0.6 is 22.6 Å². The summed E-state index contributed by atoms with van der Waals surface area (Å²) in [6.45, 7) is 0.00149. The summed E-state index contributed by atoms with van der Waals surface area (Å²) >= 11 is 1.66. The van der Waals surface area contributed by atoms with Gasteiger partial charge in [0, 0.05) is 12.6 Å². The standard InChI is InChI=1S/C8H8F3IN2O2/c1-15-7-6(12)5(16-8(9,10)11)2-4(3-13)14-7/h2H,3,13H2,1H3. The van der Waals surface area contributed by atoms with Gasteiger partial charge in [0.2, 0.25) is 5.88 Å². The molecule has 1 heterocycles. The summed E-state index contributed by atoms with van der Waals surface area (Å²) < 4.78 is 45.0. The van der Waals surface area contributed by atoms with Crippen molar-refractivity contribution >= 4 is 22.6 Å². The molecule has 0 aromatic carbocycles. The zero-order valence-corrected chi connectivity index (χ0v) is 10.3. The molecule has 0 fully saturated rings. The Morgan fingerprint density at radius 1 is 1.50 bits per heavy atom. The second kappa shape index (κ2) is 5.04. The van der Waals surface area contributed by atoms with Crippen LogP contribution < -0.4 is 15.2 Å². The summed E-state index contributed by atoms with van der Waals surface area (Å²) in [5, 5.41) is 0. The Labute approximate surface area is 103 Å². The minimum absolute atomic E-state index is 0.00149. The van der Waals surface area contributed by atoms with Crippen molar-refractivity contribution in [1.82, 2.24) is 4.98 Å². The second-order valence-corrected chi connectivity index (χ2v) is 3.77. The number of hydrogen-bond acceptors (Lipinski definition) is 4. The number of hydrogen-bond donors (Lipinski definition) is 1. The molecule has 1 aromatic rings. The Hall–Kier alpha value is -0.770. The van der Waals surface area contributed by atoms with Gasteiger partial charge < -0.3 is 15.2 Å². The van der Waals surface area contributed by atoms with Crippen molar-refractivity contribution in [3.63, 3.8) is 0 Å². The molecule has 0 aliphatic rings. The SMILES string of the molecule is COc1nc(CN)cc(OC(F)(F)F)c1I. The lowest BCUT2D eigenvalue weighted by atomic mass is 10.3. The molecule has 0 unspecified atom stereocenters. The first-order chi connectivity index (χ1) is 7.37.